The fourth-order valence-electron chi connectivity index (χ4n) is 3.72. The fourth-order valence-corrected chi connectivity index (χ4v) is 3.98. The van der Waals surface area contributed by atoms with Crippen LogP contribution in [-0.4, -0.2) is 26.6 Å². The number of carbonyl (C=O) groups is 2. The first-order valence-electron chi connectivity index (χ1n) is 9.09. The van der Waals surface area contributed by atoms with Crippen molar-refractivity contribution in [1.82, 2.24) is 14.8 Å². The molecule has 1 aliphatic heterocycles. The van der Waals surface area contributed by atoms with Gasteiger partial charge in [-0.05, 0) is 36.8 Å². The van der Waals surface area contributed by atoms with E-state index in [0.717, 1.165) is 10.0 Å². The van der Waals surface area contributed by atoms with E-state index in [0.29, 0.717) is 40.1 Å². The first kappa shape index (κ1) is 17.8. The van der Waals surface area contributed by atoms with E-state index in [-0.39, 0.29) is 11.8 Å². The van der Waals surface area contributed by atoms with E-state index >= 15 is 0 Å². The molecule has 0 fully saturated rings. The van der Waals surface area contributed by atoms with Gasteiger partial charge in [-0.3, -0.25) is 9.59 Å². The van der Waals surface area contributed by atoms with Gasteiger partial charge in [-0.25, -0.2) is 14.6 Å². The third-order valence-corrected chi connectivity index (χ3v) is 5.57. The van der Waals surface area contributed by atoms with Crippen LogP contribution < -0.4 is 4.90 Å². The summed E-state index contributed by atoms with van der Waals surface area (Å²) in [5.74, 6) is -0.709. The second kappa shape index (κ2) is 6.63. The van der Waals surface area contributed by atoms with Crippen molar-refractivity contribution in [2.75, 3.05) is 4.90 Å². The summed E-state index contributed by atoms with van der Waals surface area (Å²) < 4.78 is 2.65. The summed E-state index contributed by atoms with van der Waals surface area (Å²) in [6.07, 6.45) is 1.49. The summed E-state index contributed by atoms with van der Waals surface area (Å²) in [6, 6.07) is 17.0. The molecule has 2 aromatic carbocycles. The van der Waals surface area contributed by atoms with Gasteiger partial charge in [0.15, 0.2) is 5.65 Å². The Morgan fingerprint density at radius 1 is 0.966 bits per heavy atom. The Bertz CT molecular complexity index is 1280. The van der Waals surface area contributed by atoms with E-state index in [4.69, 9.17) is 0 Å². The number of pyridine rings is 1. The number of aromatic nitrogens is 3. The van der Waals surface area contributed by atoms with Gasteiger partial charge >= 0.3 is 0 Å². The van der Waals surface area contributed by atoms with Crippen molar-refractivity contribution < 1.29 is 9.59 Å². The maximum atomic E-state index is 13.3. The van der Waals surface area contributed by atoms with Crippen molar-refractivity contribution in [2.24, 2.45) is 0 Å². The molecule has 0 saturated heterocycles. The largest absolute Gasteiger partial charge is 0.268 e. The lowest BCUT2D eigenvalue weighted by Crippen LogP contribution is -2.29. The number of hydrogen-bond donors (Lipinski definition) is 0. The molecule has 0 unspecified atom stereocenters. The van der Waals surface area contributed by atoms with Gasteiger partial charge < -0.3 is 0 Å². The van der Waals surface area contributed by atoms with Gasteiger partial charge in [0.05, 0.1) is 34.4 Å². The van der Waals surface area contributed by atoms with Gasteiger partial charge in [0.1, 0.15) is 0 Å². The van der Waals surface area contributed by atoms with Gasteiger partial charge in [0.2, 0.25) is 0 Å². The van der Waals surface area contributed by atoms with E-state index in [1.165, 1.54) is 11.1 Å². The van der Waals surface area contributed by atoms with Crippen LogP contribution in [0, 0.1) is 6.92 Å². The summed E-state index contributed by atoms with van der Waals surface area (Å²) in [5, 5.41) is 5.23. The minimum Gasteiger partial charge on any atom is -0.268 e. The van der Waals surface area contributed by atoms with Crippen LogP contribution in [0.3, 0.4) is 0 Å². The highest BCUT2D eigenvalue weighted by atomic mass is 79.9. The summed E-state index contributed by atoms with van der Waals surface area (Å²) in [7, 11) is 0. The van der Waals surface area contributed by atoms with E-state index in [9.17, 15) is 9.59 Å². The van der Waals surface area contributed by atoms with Gasteiger partial charge in [-0.2, -0.15) is 5.10 Å². The van der Waals surface area contributed by atoms with Crippen molar-refractivity contribution >= 4 is 44.5 Å². The highest BCUT2D eigenvalue weighted by molar-refractivity contribution is 9.10. The number of carbonyl (C=O) groups excluding carboxylic acids is 2. The van der Waals surface area contributed by atoms with Crippen molar-refractivity contribution in [3.63, 3.8) is 0 Å². The molecular formula is C22H15BrN4O2. The molecule has 2 amide bonds. The Morgan fingerprint density at radius 2 is 1.69 bits per heavy atom. The first-order valence-corrected chi connectivity index (χ1v) is 9.88. The molecule has 142 valence electrons. The highest BCUT2D eigenvalue weighted by Crippen LogP contribution is 2.34. The van der Waals surface area contributed by atoms with E-state index in [2.05, 4.69) is 26.0 Å². The Morgan fingerprint density at radius 3 is 2.41 bits per heavy atom. The van der Waals surface area contributed by atoms with Crippen LogP contribution in [0.2, 0.25) is 0 Å². The molecule has 29 heavy (non-hydrogen) atoms. The maximum Gasteiger partial charge on any atom is 0.267 e. The van der Waals surface area contributed by atoms with Crippen LogP contribution in [-0.2, 0) is 6.54 Å². The number of fused-ring (bicyclic) bond motifs is 3. The standard InChI is InChI=1S/C22H15BrN4O2/c1-13-18-19-17(21(28)27(22(19)29)16-9-7-15(23)8-10-16)11-24-20(18)26(25-13)12-14-5-3-2-4-6-14/h2-11H,12H2,1H3. The van der Waals surface area contributed by atoms with Crippen molar-refractivity contribution in [2.45, 2.75) is 13.5 Å². The quantitative estimate of drug-likeness (QED) is 0.438. The number of rotatable bonds is 3. The number of amides is 2. The number of hydrogen-bond acceptors (Lipinski definition) is 4. The Hall–Kier alpha value is -3.32. The van der Waals surface area contributed by atoms with Crippen LogP contribution in [0.25, 0.3) is 11.0 Å². The molecule has 5 rings (SSSR count). The fraction of sp³-hybridized carbons (Fsp3) is 0.0909. The number of halogens is 1. The number of anilines is 1. The molecule has 0 atom stereocenters. The van der Waals surface area contributed by atoms with Crippen LogP contribution in [0.15, 0.2) is 65.3 Å². The molecule has 2 aromatic heterocycles. The lowest BCUT2D eigenvalue weighted by molar-refractivity contribution is 0.0926. The van der Waals surface area contributed by atoms with E-state index < -0.39 is 0 Å². The summed E-state index contributed by atoms with van der Waals surface area (Å²) in [4.78, 5) is 31.9. The van der Waals surface area contributed by atoms with Crippen molar-refractivity contribution in [1.29, 1.82) is 0 Å². The Labute approximate surface area is 174 Å². The molecule has 7 heteroatoms. The maximum absolute atomic E-state index is 13.3. The average Bonchev–Trinajstić information content (AvgIpc) is 3.17. The second-order valence-corrected chi connectivity index (χ2v) is 7.81. The molecule has 1 aliphatic rings. The molecule has 0 aliphatic carbocycles. The summed E-state index contributed by atoms with van der Waals surface area (Å²) >= 11 is 3.38. The third-order valence-electron chi connectivity index (χ3n) is 5.05. The average molecular weight is 447 g/mol. The number of nitrogens with zero attached hydrogens (tertiary/aromatic N) is 4. The van der Waals surface area contributed by atoms with Crippen molar-refractivity contribution in [3.8, 4) is 0 Å². The zero-order valence-corrected chi connectivity index (χ0v) is 17.0. The SMILES string of the molecule is Cc1nn(Cc2ccccc2)c2ncc3c(c12)C(=O)N(c1ccc(Br)cc1)C3=O. The second-order valence-electron chi connectivity index (χ2n) is 6.90. The lowest BCUT2D eigenvalue weighted by atomic mass is 10.1. The topological polar surface area (TPSA) is 68.1 Å². The molecule has 0 N–H and O–H groups in total. The van der Waals surface area contributed by atoms with Crippen LogP contribution in [0.4, 0.5) is 5.69 Å². The smallest absolute Gasteiger partial charge is 0.267 e. The molecule has 6 nitrogen and oxygen atoms in total. The first-order chi connectivity index (χ1) is 14.0. The van der Waals surface area contributed by atoms with Gasteiger partial charge in [-0.1, -0.05) is 46.3 Å². The third kappa shape index (κ3) is 2.77. The van der Waals surface area contributed by atoms with Crippen molar-refractivity contribution in [3.05, 3.63) is 87.7 Å². The number of imide groups is 1. The van der Waals surface area contributed by atoms with Crippen LogP contribution >= 0.6 is 15.9 Å². The Kier molecular flexibility index (Phi) is 4.06. The molecule has 0 bridgehead atoms. The van der Waals surface area contributed by atoms with Gasteiger partial charge in [-0.15, -0.1) is 0 Å². The highest BCUT2D eigenvalue weighted by Gasteiger charge is 2.39. The Balaban J connectivity index is 1.63. The minimum absolute atomic E-state index is 0.313. The molecule has 0 saturated carbocycles. The zero-order chi connectivity index (χ0) is 20.1. The molecule has 4 aromatic rings. The van der Waals surface area contributed by atoms with Crippen LogP contribution in [0.1, 0.15) is 32.0 Å². The predicted octanol–water partition coefficient (Wildman–Crippen LogP) is 4.35. The van der Waals surface area contributed by atoms with E-state index in [1.807, 2.05) is 37.3 Å². The van der Waals surface area contributed by atoms with Crippen LogP contribution in [0.5, 0.6) is 0 Å². The van der Waals surface area contributed by atoms with Gasteiger partial charge in [0, 0.05) is 10.7 Å². The lowest BCUT2D eigenvalue weighted by Gasteiger charge is -2.13. The molecule has 3 heterocycles. The normalized spacial score (nSPS) is 13.4. The zero-order valence-electron chi connectivity index (χ0n) is 15.5. The molecule has 0 spiro atoms. The monoisotopic (exact) mass is 446 g/mol. The minimum atomic E-state index is -0.364. The van der Waals surface area contributed by atoms with E-state index in [1.54, 1.807) is 28.9 Å². The van der Waals surface area contributed by atoms with Gasteiger partial charge in [0.25, 0.3) is 11.8 Å². The predicted molar refractivity (Wildman–Crippen MR) is 113 cm³/mol. The summed E-state index contributed by atoms with van der Waals surface area (Å²) in [6.45, 7) is 2.38. The molecular weight excluding hydrogens is 432 g/mol. The number of aryl methyl sites for hydroxylation is 1. The summed E-state index contributed by atoms with van der Waals surface area (Å²) in [5.41, 5.74) is 3.58. The number of benzene rings is 2. The molecule has 0 radical (unpaired) electrons.